The number of esters is 2. The summed E-state index contributed by atoms with van der Waals surface area (Å²) in [6, 6.07) is 44.0. The van der Waals surface area contributed by atoms with Crippen LogP contribution in [-0.2, 0) is 111 Å². The molecule has 0 aliphatic heterocycles. The van der Waals surface area contributed by atoms with Crippen molar-refractivity contribution in [1.82, 2.24) is 61.6 Å². The minimum absolute atomic E-state index is 0.0166. The zero-order chi connectivity index (χ0) is 87.1. The van der Waals surface area contributed by atoms with Crippen LogP contribution in [0.5, 0.6) is 0 Å². The smallest absolute Gasteiger partial charge is 0.419 e. The summed E-state index contributed by atoms with van der Waals surface area (Å²) >= 11 is 0. The van der Waals surface area contributed by atoms with Gasteiger partial charge in [0, 0.05) is 25.2 Å². The van der Waals surface area contributed by atoms with Gasteiger partial charge in [0.1, 0.15) is 51.2 Å². The Morgan fingerprint density at radius 3 is 1.13 bits per heavy atom. The molecule has 2 aliphatic rings. The number of benzene rings is 6. The maximum atomic E-state index is 14.0. The van der Waals surface area contributed by atoms with Gasteiger partial charge in [-0.3, -0.25) is 43.2 Å². The highest BCUT2D eigenvalue weighted by molar-refractivity contribution is 6.38. The summed E-state index contributed by atoms with van der Waals surface area (Å²) in [5.74, 6) is -8.83. The highest BCUT2D eigenvalue weighted by Gasteiger charge is 2.37. The number of aliphatic hydroxyl groups excluding tert-OH is 1. The molecule has 2 aliphatic carbocycles. The largest absolute Gasteiger partial charge is 0.459 e. The molecule has 6 aromatic carbocycles. The first-order valence-electron chi connectivity index (χ1n) is 41.1. The van der Waals surface area contributed by atoms with Gasteiger partial charge in [-0.1, -0.05) is 247 Å². The van der Waals surface area contributed by atoms with Gasteiger partial charge in [-0.2, -0.15) is 0 Å². The fourth-order valence-corrected chi connectivity index (χ4v) is 14.0. The third-order valence-corrected chi connectivity index (χ3v) is 20.8. The van der Waals surface area contributed by atoms with E-state index in [9.17, 15) is 67.4 Å². The number of aromatic nitrogens is 4. The lowest BCUT2D eigenvalue weighted by Crippen LogP contribution is -2.58. The van der Waals surface area contributed by atoms with Gasteiger partial charge in [-0.15, -0.1) is 0 Å². The topological polar surface area (TPSA) is 463 Å². The maximum absolute atomic E-state index is 14.0. The second-order valence-corrected chi connectivity index (χ2v) is 30.0. The third kappa shape index (κ3) is 29.7. The van der Waals surface area contributed by atoms with E-state index in [-0.39, 0.29) is 75.3 Å². The number of imidazole rings is 2. The first-order valence-corrected chi connectivity index (χ1v) is 41.1. The molecule has 0 bridgehead atoms. The zero-order valence-electron chi connectivity index (χ0n) is 68.4. The Hall–Kier alpha value is -13.1. The molecule has 32 nitrogen and oxygen atoms in total. The number of hydrogen-bond acceptors (Lipinski definition) is 22. The number of nitrogens with one attached hydrogen (secondary N) is 8. The van der Waals surface area contributed by atoms with E-state index in [0.29, 0.717) is 24.0 Å². The lowest BCUT2D eigenvalue weighted by Gasteiger charge is -2.29. The van der Waals surface area contributed by atoms with Crippen LogP contribution in [0.15, 0.2) is 207 Å². The monoisotopic (exact) mass is 1670 g/mol. The molecular weight excluding hydrogens is 1570 g/mol. The van der Waals surface area contributed by atoms with Crippen LogP contribution < -0.4 is 54.0 Å². The van der Waals surface area contributed by atoms with Crippen molar-refractivity contribution in [3.8, 4) is 0 Å². The predicted octanol–water partition coefficient (Wildman–Crippen LogP) is 6.94. The number of hydrogen-bond donors (Lipinski definition) is 11. The maximum Gasteiger partial charge on any atom is 0.419 e. The van der Waals surface area contributed by atoms with Crippen LogP contribution in [0.4, 0.5) is 9.59 Å². The molecule has 8 amide bonds. The lowest BCUT2D eigenvalue weighted by atomic mass is 9.84. The molecular formula is C90H108N14O18. The van der Waals surface area contributed by atoms with Crippen LogP contribution in [0.2, 0.25) is 0 Å². The van der Waals surface area contributed by atoms with Crippen LogP contribution >= 0.6 is 0 Å². The van der Waals surface area contributed by atoms with Crippen molar-refractivity contribution in [3.05, 3.63) is 252 Å². The number of carbonyl (C=O) groups is 13. The molecule has 0 radical (unpaired) electrons. The van der Waals surface area contributed by atoms with E-state index in [4.69, 9.17) is 30.4 Å². The molecule has 5 unspecified atom stereocenters. The summed E-state index contributed by atoms with van der Waals surface area (Å²) in [7, 11) is 0. The fourth-order valence-electron chi connectivity index (χ4n) is 14.0. The molecule has 13 N–H and O–H groups in total. The highest BCUT2D eigenvalue weighted by atomic mass is 16.6. The average Bonchev–Trinajstić information content (AvgIpc) is 1.86. The number of Topliss-reactive ketones (excluding diaryl/α,β-unsaturated/α-hetero) is 1. The molecule has 646 valence electrons. The Morgan fingerprint density at radius 2 is 0.754 bits per heavy atom. The van der Waals surface area contributed by atoms with Crippen molar-refractivity contribution in [2.45, 2.75) is 197 Å². The molecule has 0 spiro atoms. The SMILES string of the molecule is CCCC(NC(=O)C(Cc1cn(C(=O)OCc2ccccc2)cn1)NC(=O)[C@@H](N)C1CCCCC1)C(=O)C(=O)NCC(=O)N[C@H](C(=O)OCc1ccccc1)c1ccccc1.CCCC(NC(=O)C(Cc1cn(C(=O)OCc2ccccc2)cn1)NC(=O)[C@@H](N)C1CCCCC1)C(O)C(=O)NCC(=O)N[C@H](C(=O)OCc1ccccc1)c1ccccc1. The number of carbonyl (C=O) groups excluding carboxylic acids is 13. The quantitative estimate of drug-likeness (QED) is 0.0105. The molecule has 2 fully saturated rings. The van der Waals surface area contributed by atoms with Gasteiger partial charge < -0.3 is 78.1 Å². The summed E-state index contributed by atoms with van der Waals surface area (Å²) in [6.07, 6.45) is 11.7. The summed E-state index contributed by atoms with van der Waals surface area (Å²) < 4.78 is 24.0. The Kier molecular flexibility index (Phi) is 37.2. The molecule has 10 rings (SSSR count). The first kappa shape index (κ1) is 92.8. The van der Waals surface area contributed by atoms with E-state index < -0.39 is 145 Å². The molecule has 2 aromatic heterocycles. The van der Waals surface area contributed by atoms with Gasteiger partial charge in [-0.05, 0) is 83.7 Å². The summed E-state index contributed by atoms with van der Waals surface area (Å²) in [6.45, 7) is 2.29. The van der Waals surface area contributed by atoms with E-state index in [1.807, 2.05) is 84.9 Å². The lowest BCUT2D eigenvalue weighted by molar-refractivity contribution is -0.149. The van der Waals surface area contributed by atoms with E-state index in [1.165, 1.54) is 25.0 Å². The van der Waals surface area contributed by atoms with E-state index in [1.54, 1.807) is 111 Å². The normalized spacial score (nSPS) is 14.9. The van der Waals surface area contributed by atoms with Crippen molar-refractivity contribution in [2.75, 3.05) is 13.1 Å². The number of nitrogens with two attached hydrogens (primary N) is 2. The molecule has 2 heterocycles. The van der Waals surface area contributed by atoms with Gasteiger partial charge in [0.2, 0.25) is 41.2 Å². The molecule has 32 heteroatoms. The minimum atomic E-state index is -1.81. The predicted molar refractivity (Wildman–Crippen MR) is 447 cm³/mol. The summed E-state index contributed by atoms with van der Waals surface area (Å²) in [4.78, 5) is 181. The first-order chi connectivity index (χ1) is 59.0. The standard InChI is InChI=1S/C45H55N7O9.C45H53N7O9/c2*1-2-15-35(40(54)43(57)47-25-37(53)51-39(33-22-13-6-14-23-33)44(58)60-27-30-16-7-3-8-17-30)49-41(55)36(50-42(56)38(46)32-20-11-5-12-21-32)24-34-26-52(29-48-34)45(59)61-28-31-18-9-4-10-19-31/h3-4,6-10,13-14,16-19,22-23,26,29,32,35-36,38-40,54H,2,5,11-12,15,20-21,24-25,27-28,46H2,1H3,(H,47,57)(H,49,55)(H,50,56)(H,51,53);3-4,6-10,13-14,16-19,22-23,26,29,32,35-36,38-39H,2,5,11-12,15,20-21,24-25,27-28,46H2,1H3,(H,47,57)(H,49,55)(H,50,56)(H,51,53)/t35?,36?,38-,39-,40?;35?,36?,38-,39-/m00/s1. The van der Waals surface area contributed by atoms with Gasteiger partial charge in [-0.25, -0.2) is 38.3 Å². The molecule has 0 saturated heterocycles. The van der Waals surface area contributed by atoms with Crippen LogP contribution in [-0.4, -0.2) is 157 Å². The van der Waals surface area contributed by atoms with Crippen LogP contribution in [0.3, 0.4) is 0 Å². The molecule has 122 heavy (non-hydrogen) atoms. The van der Waals surface area contributed by atoms with E-state index in [2.05, 4.69) is 52.5 Å². The zero-order valence-corrected chi connectivity index (χ0v) is 68.4. The van der Waals surface area contributed by atoms with E-state index in [0.717, 1.165) is 95.6 Å². The second-order valence-electron chi connectivity index (χ2n) is 30.0. The Morgan fingerprint density at radius 1 is 0.410 bits per heavy atom. The molecule has 2 saturated carbocycles. The van der Waals surface area contributed by atoms with Crippen molar-refractivity contribution in [2.24, 2.45) is 23.3 Å². The van der Waals surface area contributed by atoms with Crippen LogP contribution in [0, 0.1) is 11.8 Å². The van der Waals surface area contributed by atoms with Gasteiger partial charge in [0.05, 0.1) is 48.6 Å². The van der Waals surface area contributed by atoms with E-state index >= 15 is 0 Å². The molecule has 8 aromatic rings. The number of amides is 8. The number of nitrogens with zero attached hydrogens (tertiary/aromatic N) is 4. The average molecular weight is 1670 g/mol. The summed E-state index contributed by atoms with van der Waals surface area (Å²) in [5.41, 5.74) is 17.3. The van der Waals surface area contributed by atoms with Crippen LogP contribution in [0.25, 0.3) is 0 Å². The van der Waals surface area contributed by atoms with Crippen molar-refractivity contribution in [1.29, 1.82) is 0 Å². The number of rotatable bonds is 40. The number of ether oxygens (including phenoxy) is 4. The fraction of sp³-hybridized carbons (Fsp3) is 0.389. The summed E-state index contributed by atoms with van der Waals surface area (Å²) in [5, 5.41) is 31.8. The van der Waals surface area contributed by atoms with Gasteiger partial charge in [0.15, 0.2) is 18.2 Å². The minimum Gasteiger partial charge on any atom is -0.459 e. The van der Waals surface area contributed by atoms with Crippen LogP contribution in [0.1, 0.15) is 161 Å². The Bertz CT molecular complexity index is 4720. The van der Waals surface area contributed by atoms with Crippen molar-refractivity contribution in [3.63, 3.8) is 0 Å². The van der Waals surface area contributed by atoms with Gasteiger partial charge >= 0.3 is 24.1 Å². The third-order valence-electron chi connectivity index (χ3n) is 20.8. The second kappa shape index (κ2) is 48.9. The number of aliphatic hydroxyl groups is 1. The Labute approximate surface area is 707 Å². The van der Waals surface area contributed by atoms with Gasteiger partial charge in [0.25, 0.3) is 11.8 Å². The highest BCUT2D eigenvalue weighted by Crippen LogP contribution is 2.28. The number of ketones is 1. The molecule has 9 atom stereocenters. The van der Waals surface area contributed by atoms with Crippen molar-refractivity contribution >= 4 is 77.2 Å². The Balaban J connectivity index is 0.000000277. The van der Waals surface area contributed by atoms with Crippen molar-refractivity contribution < 1.29 is 86.4 Å².